The van der Waals surface area contributed by atoms with E-state index in [2.05, 4.69) is 5.32 Å². The zero-order chi connectivity index (χ0) is 21.0. The van der Waals surface area contributed by atoms with Crippen molar-refractivity contribution in [1.82, 2.24) is 5.32 Å². The van der Waals surface area contributed by atoms with Gasteiger partial charge in [-0.2, -0.15) is 0 Å². The molecule has 2 aromatic carbocycles. The van der Waals surface area contributed by atoms with E-state index in [4.69, 9.17) is 32.7 Å². The van der Waals surface area contributed by atoms with Gasteiger partial charge < -0.3 is 25.0 Å². The van der Waals surface area contributed by atoms with E-state index < -0.39 is 17.5 Å². The highest BCUT2D eigenvalue weighted by Gasteiger charge is 2.44. The zero-order valence-corrected chi connectivity index (χ0v) is 17.5. The summed E-state index contributed by atoms with van der Waals surface area (Å²) in [7, 11) is 0. The van der Waals surface area contributed by atoms with Gasteiger partial charge in [0.25, 0.3) is 0 Å². The first kappa shape index (κ1) is 21.7. The van der Waals surface area contributed by atoms with Crippen LogP contribution < -0.4 is 14.8 Å². The van der Waals surface area contributed by atoms with Crippen molar-refractivity contribution in [3.63, 3.8) is 0 Å². The SMILES string of the molecule is Cc1cc(Cl)c(OCCOc2ccc([C@@]3(O)CCNC[C@@H]3C(=O)O)cc2)c(Cl)c1. The summed E-state index contributed by atoms with van der Waals surface area (Å²) in [6, 6.07) is 10.4. The quantitative estimate of drug-likeness (QED) is 0.570. The monoisotopic (exact) mass is 439 g/mol. The summed E-state index contributed by atoms with van der Waals surface area (Å²) in [6.07, 6.45) is 0.329. The van der Waals surface area contributed by atoms with Crippen molar-refractivity contribution in [1.29, 1.82) is 0 Å². The van der Waals surface area contributed by atoms with Gasteiger partial charge in [0.05, 0.1) is 10.0 Å². The maximum absolute atomic E-state index is 11.5. The molecule has 156 valence electrons. The summed E-state index contributed by atoms with van der Waals surface area (Å²) in [4.78, 5) is 11.5. The third-order valence-electron chi connectivity index (χ3n) is 5.00. The molecule has 1 heterocycles. The Balaban J connectivity index is 1.58. The number of ether oxygens (including phenoxy) is 2. The Morgan fingerprint density at radius 1 is 1.17 bits per heavy atom. The number of aliphatic hydroxyl groups is 1. The number of carboxylic acids is 1. The molecule has 2 aromatic rings. The number of hydrogen-bond acceptors (Lipinski definition) is 5. The number of hydrogen-bond donors (Lipinski definition) is 3. The third kappa shape index (κ3) is 4.95. The minimum Gasteiger partial charge on any atom is -0.490 e. The Bertz CT molecular complexity index is 851. The van der Waals surface area contributed by atoms with Gasteiger partial charge in [0.2, 0.25) is 0 Å². The van der Waals surface area contributed by atoms with Crippen LogP contribution in [0.3, 0.4) is 0 Å². The lowest BCUT2D eigenvalue weighted by molar-refractivity contribution is -0.155. The first-order chi connectivity index (χ1) is 13.8. The lowest BCUT2D eigenvalue weighted by atomic mass is 9.76. The van der Waals surface area contributed by atoms with Crippen molar-refractivity contribution in [3.8, 4) is 11.5 Å². The number of benzene rings is 2. The van der Waals surface area contributed by atoms with E-state index in [1.165, 1.54) is 0 Å². The number of rotatable bonds is 7. The Morgan fingerprint density at radius 3 is 2.41 bits per heavy atom. The predicted octanol–water partition coefficient (Wildman–Crippen LogP) is 3.64. The molecule has 1 aliphatic heterocycles. The Morgan fingerprint density at radius 2 is 1.79 bits per heavy atom. The Kier molecular flexibility index (Phi) is 6.90. The highest BCUT2D eigenvalue weighted by molar-refractivity contribution is 6.37. The summed E-state index contributed by atoms with van der Waals surface area (Å²) in [6.45, 7) is 3.20. The van der Waals surface area contributed by atoms with Crippen LogP contribution >= 0.6 is 23.2 Å². The summed E-state index contributed by atoms with van der Waals surface area (Å²) in [5, 5.41) is 24.3. The van der Waals surface area contributed by atoms with E-state index in [-0.39, 0.29) is 19.8 Å². The number of piperidine rings is 1. The molecule has 0 aromatic heterocycles. The molecule has 0 bridgehead atoms. The van der Waals surface area contributed by atoms with Crippen molar-refractivity contribution in [2.24, 2.45) is 5.92 Å². The van der Waals surface area contributed by atoms with Crippen LogP contribution in [0.25, 0.3) is 0 Å². The molecular weight excluding hydrogens is 417 g/mol. The summed E-state index contributed by atoms with van der Waals surface area (Å²) < 4.78 is 11.3. The van der Waals surface area contributed by atoms with Gasteiger partial charge in [-0.05, 0) is 55.3 Å². The van der Waals surface area contributed by atoms with Gasteiger partial charge in [0.15, 0.2) is 5.75 Å². The summed E-state index contributed by atoms with van der Waals surface area (Å²) in [5.41, 5.74) is 0.106. The van der Waals surface area contributed by atoms with Gasteiger partial charge >= 0.3 is 5.97 Å². The maximum atomic E-state index is 11.5. The summed E-state index contributed by atoms with van der Waals surface area (Å²) >= 11 is 12.3. The number of carboxylic acid groups (broad SMARTS) is 1. The van der Waals surface area contributed by atoms with E-state index in [1.807, 2.05) is 6.92 Å². The molecule has 0 amide bonds. The Labute approximate surface area is 179 Å². The highest BCUT2D eigenvalue weighted by atomic mass is 35.5. The van der Waals surface area contributed by atoms with Crippen LogP contribution in [0.15, 0.2) is 36.4 Å². The molecule has 0 aliphatic carbocycles. The molecule has 29 heavy (non-hydrogen) atoms. The fraction of sp³-hybridized carbons (Fsp3) is 0.381. The normalized spacial score (nSPS) is 21.6. The summed E-state index contributed by atoms with van der Waals surface area (Å²) in [5.74, 6) is -0.917. The molecular formula is C21H23Cl2NO5. The van der Waals surface area contributed by atoms with Crippen LogP contribution in [0.2, 0.25) is 10.0 Å². The van der Waals surface area contributed by atoms with Crippen molar-refractivity contribution in [2.75, 3.05) is 26.3 Å². The predicted molar refractivity (Wildman–Crippen MR) is 111 cm³/mol. The second kappa shape index (κ2) is 9.22. The average molecular weight is 440 g/mol. The first-order valence-corrected chi connectivity index (χ1v) is 10.0. The van der Waals surface area contributed by atoms with E-state index in [1.54, 1.807) is 36.4 Å². The smallest absolute Gasteiger partial charge is 0.311 e. The van der Waals surface area contributed by atoms with Crippen LogP contribution in [0.1, 0.15) is 17.5 Å². The van der Waals surface area contributed by atoms with Gasteiger partial charge in [0.1, 0.15) is 30.5 Å². The molecule has 0 spiro atoms. The van der Waals surface area contributed by atoms with Crippen molar-refractivity contribution in [2.45, 2.75) is 18.9 Å². The highest BCUT2D eigenvalue weighted by Crippen LogP contribution is 2.36. The standard InChI is InChI=1S/C21H23Cl2NO5/c1-13-10-17(22)19(18(23)11-13)29-9-8-28-15-4-2-14(3-5-15)21(27)6-7-24-12-16(21)20(25)26/h2-5,10-11,16,24,27H,6-9,12H2,1H3,(H,25,26)/t16-,21+/m1/s1. The molecule has 3 N–H and O–H groups in total. The van der Waals surface area contributed by atoms with Crippen LogP contribution in [-0.4, -0.2) is 42.5 Å². The molecule has 8 heteroatoms. The molecule has 0 unspecified atom stereocenters. The van der Waals surface area contributed by atoms with Gasteiger partial charge in [0, 0.05) is 6.54 Å². The largest absolute Gasteiger partial charge is 0.490 e. The molecule has 1 saturated heterocycles. The second-order valence-corrected chi connectivity index (χ2v) is 7.86. The number of halogens is 2. The van der Waals surface area contributed by atoms with Gasteiger partial charge in [-0.15, -0.1) is 0 Å². The number of carbonyl (C=O) groups is 1. The van der Waals surface area contributed by atoms with Gasteiger partial charge in [-0.3, -0.25) is 4.79 Å². The van der Waals surface area contributed by atoms with Crippen LogP contribution in [0.5, 0.6) is 11.5 Å². The topological polar surface area (TPSA) is 88.0 Å². The lowest BCUT2D eigenvalue weighted by Crippen LogP contribution is -2.51. The zero-order valence-electron chi connectivity index (χ0n) is 16.0. The first-order valence-electron chi connectivity index (χ1n) is 9.29. The number of nitrogens with one attached hydrogen (secondary N) is 1. The molecule has 1 aliphatic rings. The lowest BCUT2D eigenvalue weighted by Gasteiger charge is -2.38. The molecule has 0 radical (unpaired) electrons. The minimum absolute atomic E-state index is 0.228. The van der Waals surface area contributed by atoms with Crippen molar-refractivity contribution in [3.05, 3.63) is 57.6 Å². The molecule has 2 atom stereocenters. The van der Waals surface area contributed by atoms with Gasteiger partial charge in [-0.1, -0.05) is 35.3 Å². The van der Waals surface area contributed by atoms with E-state index in [0.717, 1.165) is 5.56 Å². The van der Waals surface area contributed by atoms with Crippen LogP contribution in [0, 0.1) is 12.8 Å². The van der Waals surface area contributed by atoms with Gasteiger partial charge in [-0.25, -0.2) is 0 Å². The molecule has 3 rings (SSSR count). The van der Waals surface area contributed by atoms with Crippen molar-refractivity contribution < 1.29 is 24.5 Å². The maximum Gasteiger partial charge on any atom is 0.311 e. The number of aliphatic carboxylic acids is 1. The van der Waals surface area contributed by atoms with Crippen LogP contribution in [0.4, 0.5) is 0 Å². The van der Waals surface area contributed by atoms with E-state index in [9.17, 15) is 15.0 Å². The molecule has 1 fully saturated rings. The molecule has 0 saturated carbocycles. The minimum atomic E-state index is -1.41. The molecule has 6 nitrogen and oxygen atoms in total. The fourth-order valence-corrected chi connectivity index (χ4v) is 4.18. The third-order valence-corrected chi connectivity index (χ3v) is 5.56. The van der Waals surface area contributed by atoms with Crippen LogP contribution in [-0.2, 0) is 10.4 Å². The van der Waals surface area contributed by atoms with Crippen molar-refractivity contribution >= 4 is 29.2 Å². The second-order valence-electron chi connectivity index (χ2n) is 7.05. The van der Waals surface area contributed by atoms with E-state index in [0.29, 0.717) is 40.1 Å². The number of aryl methyl sites for hydroxylation is 1. The van der Waals surface area contributed by atoms with E-state index >= 15 is 0 Å². The Hall–Kier alpha value is -1.99. The average Bonchev–Trinajstić information content (AvgIpc) is 2.67. The fourth-order valence-electron chi connectivity index (χ4n) is 3.47.